The highest BCUT2D eigenvalue weighted by molar-refractivity contribution is 5.54. The van der Waals surface area contributed by atoms with Gasteiger partial charge in [-0.05, 0) is 30.3 Å². The molecule has 2 N–H and O–H groups in total. The summed E-state index contributed by atoms with van der Waals surface area (Å²) in [4.78, 5) is 0. The number of halogens is 6. The van der Waals surface area contributed by atoms with Crippen LogP contribution in [0.4, 0.5) is 32.0 Å². The van der Waals surface area contributed by atoms with Gasteiger partial charge in [0, 0.05) is 0 Å². The van der Waals surface area contributed by atoms with Gasteiger partial charge in [0.1, 0.15) is 11.5 Å². The number of benzene rings is 2. The van der Waals surface area contributed by atoms with Crippen LogP contribution >= 0.6 is 0 Å². The van der Waals surface area contributed by atoms with Gasteiger partial charge >= 0.3 is 12.4 Å². The lowest BCUT2D eigenvalue weighted by molar-refractivity contribution is -0.143. The summed E-state index contributed by atoms with van der Waals surface area (Å²) in [6, 6.07) is 6.87. The molecule has 0 saturated carbocycles. The van der Waals surface area contributed by atoms with Gasteiger partial charge in [0.05, 0.1) is 16.8 Å². The number of rotatable bonds is 2. The van der Waals surface area contributed by atoms with Gasteiger partial charge in [0.25, 0.3) is 0 Å². The van der Waals surface area contributed by atoms with E-state index in [1.54, 1.807) is 6.07 Å². The van der Waals surface area contributed by atoms with Crippen molar-refractivity contribution in [3.8, 4) is 11.5 Å². The molecule has 2 aromatic carbocycles. The first-order chi connectivity index (χ1) is 10.1. The number of hydrogen-bond donors (Lipinski definition) is 1. The van der Waals surface area contributed by atoms with Gasteiger partial charge in [-0.1, -0.05) is 12.1 Å². The zero-order valence-corrected chi connectivity index (χ0v) is 10.8. The Morgan fingerprint density at radius 3 is 1.95 bits per heavy atom. The summed E-state index contributed by atoms with van der Waals surface area (Å²) in [6.07, 6.45) is -9.88. The Morgan fingerprint density at radius 1 is 0.773 bits per heavy atom. The average molecular weight is 321 g/mol. The third kappa shape index (κ3) is 3.44. The van der Waals surface area contributed by atoms with Crippen LogP contribution in [0, 0.1) is 0 Å². The number of nitrogen functional groups attached to an aromatic ring is 1. The molecule has 0 unspecified atom stereocenters. The van der Waals surface area contributed by atoms with Gasteiger partial charge in [0.2, 0.25) is 0 Å². The first kappa shape index (κ1) is 16.0. The van der Waals surface area contributed by atoms with Crippen LogP contribution in [0.3, 0.4) is 0 Å². The number of hydrogen-bond acceptors (Lipinski definition) is 2. The summed E-state index contributed by atoms with van der Waals surface area (Å²) >= 11 is 0. The number of para-hydroxylation sites is 2. The molecule has 0 radical (unpaired) electrons. The van der Waals surface area contributed by atoms with Crippen molar-refractivity contribution < 1.29 is 31.1 Å². The Hall–Kier alpha value is -2.38. The molecule has 0 atom stereocenters. The fourth-order valence-corrected chi connectivity index (χ4v) is 1.71. The summed E-state index contributed by atoms with van der Waals surface area (Å²) in [7, 11) is 0. The van der Waals surface area contributed by atoms with E-state index in [4.69, 9.17) is 10.5 Å². The van der Waals surface area contributed by atoms with Gasteiger partial charge in [-0.25, -0.2) is 0 Å². The van der Waals surface area contributed by atoms with E-state index in [1.165, 1.54) is 18.2 Å². The van der Waals surface area contributed by atoms with Crippen molar-refractivity contribution in [3.05, 3.63) is 53.6 Å². The van der Waals surface area contributed by atoms with Crippen molar-refractivity contribution >= 4 is 5.69 Å². The van der Waals surface area contributed by atoms with E-state index in [1.807, 2.05) is 0 Å². The van der Waals surface area contributed by atoms with Gasteiger partial charge in [-0.15, -0.1) is 0 Å². The highest BCUT2D eigenvalue weighted by Gasteiger charge is 2.39. The minimum absolute atomic E-state index is 0.00840. The molecule has 0 bridgehead atoms. The van der Waals surface area contributed by atoms with Crippen LogP contribution in [0.25, 0.3) is 0 Å². The zero-order chi connectivity index (χ0) is 16.5. The maximum atomic E-state index is 12.9. The van der Waals surface area contributed by atoms with Crippen molar-refractivity contribution in [3.63, 3.8) is 0 Å². The van der Waals surface area contributed by atoms with Crippen LogP contribution in [-0.2, 0) is 12.4 Å². The maximum absolute atomic E-state index is 12.9. The van der Waals surface area contributed by atoms with Crippen molar-refractivity contribution in [2.75, 3.05) is 5.73 Å². The highest BCUT2D eigenvalue weighted by Crippen LogP contribution is 2.42. The predicted molar refractivity (Wildman–Crippen MR) is 67.4 cm³/mol. The van der Waals surface area contributed by atoms with Crippen molar-refractivity contribution in [1.82, 2.24) is 0 Å². The molecule has 118 valence electrons. The highest BCUT2D eigenvalue weighted by atomic mass is 19.4. The summed E-state index contributed by atoms with van der Waals surface area (Å²) in [5.74, 6) is -0.828. The molecule has 2 aromatic rings. The molecule has 0 amide bonds. The first-order valence-electron chi connectivity index (χ1n) is 5.90. The molecule has 2 nitrogen and oxygen atoms in total. The average Bonchev–Trinajstić information content (AvgIpc) is 2.39. The molecule has 0 aromatic heterocycles. The van der Waals surface area contributed by atoms with Gasteiger partial charge in [-0.2, -0.15) is 26.3 Å². The largest absolute Gasteiger partial charge is 0.455 e. The van der Waals surface area contributed by atoms with E-state index in [-0.39, 0.29) is 17.5 Å². The lowest BCUT2D eigenvalue weighted by Crippen LogP contribution is -2.12. The number of alkyl halides is 6. The Bertz CT molecular complexity index is 678. The lowest BCUT2D eigenvalue weighted by Gasteiger charge is -2.16. The second-order valence-electron chi connectivity index (χ2n) is 4.35. The molecule has 0 aliphatic rings. The molecule has 0 aliphatic carbocycles. The van der Waals surface area contributed by atoms with E-state index in [9.17, 15) is 26.3 Å². The lowest BCUT2D eigenvalue weighted by atomic mass is 10.1. The molecule has 0 aliphatic heterocycles. The second kappa shape index (κ2) is 5.43. The van der Waals surface area contributed by atoms with E-state index in [2.05, 4.69) is 0 Å². The molecule has 0 spiro atoms. The Kier molecular flexibility index (Phi) is 3.95. The normalized spacial score (nSPS) is 12.3. The molecule has 0 fully saturated rings. The summed E-state index contributed by atoms with van der Waals surface area (Å²) in [6.45, 7) is 0. The molecule has 0 saturated heterocycles. The van der Waals surface area contributed by atoms with Crippen molar-refractivity contribution in [1.29, 1.82) is 0 Å². The van der Waals surface area contributed by atoms with Gasteiger partial charge < -0.3 is 10.5 Å². The maximum Gasteiger partial charge on any atom is 0.420 e. The fourth-order valence-electron chi connectivity index (χ4n) is 1.71. The second-order valence-corrected chi connectivity index (χ2v) is 4.35. The topological polar surface area (TPSA) is 35.2 Å². The summed E-state index contributed by atoms with van der Waals surface area (Å²) < 4.78 is 81.5. The first-order valence-corrected chi connectivity index (χ1v) is 5.90. The molecular weight excluding hydrogens is 312 g/mol. The minimum Gasteiger partial charge on any atom is -0.455 e. The van der Waals surface area contributed by atoms with Crippen molar-refractivity contribution in [2.45, 2.75) is 12.4 Å². The summed E-state index contributed by atoms with van der Waals surface area (Å²) in [5, 5.41) is 0. The molecule has 8 heteroatoms. The van der Waals surface area contributed by atoms with E-state index < -0.39 is 29.2 Å². The Labute approximate surface area is 121 Å². The third-order valence-electron chi connectivity index (χ3n) is 2.75. The SMILES string of the molecule is Nc1ccccc1Oc1ccc(C(F)(F)F)cc1C(F)(F)F. The standard InChI is InChI=1S/C14H9F6NO/c15-13(16,17)8-5-6-11(9(7-8)14(18,19)20)22-12-4-2-1-3-10(12)21/h1-7H,21H2. The van der Waals surface area contributed by atoms with E-state index >= 15 is 0 Å². The minimum atomic E-state index is -5.00. The monoisotopic (exact) mass is 321 g/mol. The predicted octanol–water partition coefficient (Wildman–Crippen LogP) is 5.10. The Morgan fingerprint density at radius 2 is 1.41 bits per heavy atom. The summed E-state index contributed by atoms with van der Waals surface area (Å²) in [5.41, 5.74) is 2.67. The van der Waals surface area contributed by atoms with Crippen LogP contribution in [0.5, 0.6) is 11.5 Å². The Balaban J connectivity index is 2.50. The van der Waals surface area contributed by atoms with Crippen LogP contribution < -0.4 is 10.5 Å². The molecule has 2 rings (SSSR count). The van der Waals surface area contributed by atoms with E-state index in [0.29, 0.717) is 12.1 Å². The van der Waals surface area contributed by atoms with Gasteiger partial charge in [-0.3, -0.25) is 0 Å². The third-order valence-corrected chi connectivity index (χ3v) is 2.75. The number of ether oxygens (including phenoxy) is 1. The molecule has 22 heavy (non-hydrogen) atoms. The fraction of sp³-hybridized carbons (Fsp3) is 0.143. The number of anilines is 1. The van der Waals surface area contributed by atoms with Crippen molar-refractivity contribution in [2.24, 2.45) is 0 Å². The van der Waals surface area contributed by atoms with Gasteiger partial charge in [0.15, 0.2) is 0 Å². The van der Waals surface area contributed by atoms with E-state index in [0.717, 1.165) is 0 Å². The molecule has 0 heterocycles. The molecular formula is C14H9F6NO. The van der Waals surface area contributed by atoms with Crippen LogP contribution in [0.15, 0.2) is 42.5 Å². The number of nitrogens with two attached hydrogens (primary N) is 1. The smallest absolute Gasteiger partial charge is 0.420 e. The van der Waals surface area contributed by atoms with Crippen LogP contribution in [-0.4, -0.2) is 0 Å². The van der Waals surface area contributed by atoms with Crippen LogP contribution in [0.2, 0.25) is 0 Å². The zero-order valence-electron chi connectivity index (χ0n) is 10.8. The quantitative estimate of drug-likeness (QED) is 0.617. The van der Waals surface area contributed by atoms with Crippen LogP contribution in [0.1, 0.15) is 11.1 Å².